The van der Waals surface area contributed by atoms with E-state index >= 15 is 0 Å². The standard InChI is InChI=1S/C23H26N4OS2/c1-16-10-12-17(13-11-16)22-25-26-23(29)27(22)15-14-21(28)24-19-8-4-5-9-20(19)30-18-6-2-3-7-18/h4-5,8-13,18H,2-3,6-7,14-15H2,1H3,(H,24,28)(H,26,29). The Labute approximate surface area is 186 Å². The number of anilines is 1. The Bertz CT molecular complexity index is 1070. The molecule has 1 heterocycles. The van der Waals surface area contributed by atoms with Crippen molar-refractivity contribution in [2.75, 3.05) is 5.32 Å². The van der Waals surface area contributed by atoms with Gasteiger partial charge >= 0.3 is 0 Å². The molecule has 0 saturated heterocycles. The number of nitrogens with one attached hydrogen (secondary N) is 2. The van der Waals surface area contributed by atoms with E-state index in [1.807, 2.05) is 65.7 Å². The largest absolute Gasteiger partial charge is 0.325 e. The average Bonchev–Trinajstić information content (AvgIpc) is 3.38. The topological polar surface area (TPSA) is 62.7 Å². The van der Waals surface area contributed by atoms with Crippen LogP contribution in [0.4, 0.5) is 5.69 Å². The summed E-state index contributed by atoms with van der Waals surface area (Å²) < 4.78 is 2.41. The van der Waals surface area contributed by atoms with Gasteiger partial charge in [0.05, 0.1) is 5.69 Å². The predicted molar refractivity (Wildman–Crippen MR) is 125 cm³/mol. The van der Waals surface area contributed by atoms with Crippen molar-refractivity contribution in [3.63, 3.8) is 0 Å². The van der Waals surface area contributed by atoms with Crippen LogP contribution >= 0.6 is 24.0 Å². The fourth-order valence-electron chi connectivity index (χ4n) is 3.73. The van der Waals surface area contributed by atoms with Gasteiger partial charge in [0.2, 0.25) is 5.91 Å². The maximum Gasteiger partial charge on any atom is 0.226 e. The molecule has 7 heteroatoms. The van der Waals surface area contributed by atoms with E-state index < -0.39 is 0 Å². The van der Waals surface area contributed by atoms with Crippen LogP contribution in [0, 0.1) is 11.7 Å². The van der Waals surface area contributed by atoms with Crippen molar-refractivity contribution >= 4 is 35.6 Å². The van der Waals surface area contributed by atoms with Crippen molar-refractivity contribution < 1.29 is 4.79 Å². The van der Waals surface area contributed by atoms with Crippen molar-refractivity contribution in [1.29, 1.82) is 0 Å². The van der Waals surface area contributed by atoms with Crippen LogP contribution in [-0.4, -0.2) is 25.9 Å². The number of carbonyl (C=O) groups excluding carboxylic acids is 1. The van der Waals surface area contributed by atoms with E-state index in [0.717, 1.165) is 22.0 Å². The highest BCUT2D eigenvalue weighted by Gasteiger charge is 2.18. The Balaban J connectivity index is 1.42. The number of aromatic nitrogens is 3. The first-order valence-corrected chi connectivity index (χ1v) is 11.7. The summed E-state index contributed by atoms with van der Waals surface area (Å²) in [4.78, 5) is 13.9. The molecule has 0 atom stereocenters. The predicted octanol–water partition coefficient (Wildman–Crippen LogP) is 5.98. The molecular weight excluding hydrogens is 412 g/mol. The van der Waals surface area contributed by atoms with Gasteiger partial charge in [-0.1, -0.05) is 54.8 Å². The number of benzene rings is 2. The summed E-state index contributed by atoms with van der Waals surface area (Å²) in [6, 6.07) is 16.2. The maximum atomic E-state index is 12.7. The second kappa shape index (κ2) is 9.62. The van der Waals surface area contributed by atoms with Gasteiger partial charge in [-0.25, -0.2) is 0 Å². The summed E-state index contributed by atoms with van der Waals surface area (Å²) in [7, 11) is 0. The Morgan fingerprint density at radius 3 is 2.70 bits per heavy atom. The minimum Gasteiger partial charge on any atom is -0.325 e. The first-order valence-electron chi connectivity index (χ1n) is 10.4. The number of nitrogens with zero attached hydrogens (tertiary/aromatic N) is 2. The summed E-state index contributed by atoms with van der Waals surface area (Å²) in [5.74, 6) is 0.734. The zero-order valence-corrected chi connectivity index (χ0v) is 18.7. The highest BCUT2D eigenvalue weighted by molar-refractivity contribution is 8.00. The monoisotopic (exact) mass is 438 g/mol. The molecule has 30 heavy (non-hydrogen) atoms. The Kier molecular flexibility index (Phi) is 6.69. The molecule has 2 N–H and O–H groups in total. The van der Waals surface area contributed by atoms with E-state index in [0.29, 0.717) is 23.0 Å². The van der Waals surface area contributed by atoms with Crippen LogP contribution < -0.4 is 5.32 Å². The number of rotatable bonds is 7. The SMILES string of the molecule is Cc1ccc(-c2n[nH]c(=S)n2CCC(=O)Nc2ccccc2SC2CCCC2)cc1. The molecule has 0 spiro atoms. The van der Waals surface area contributed by atoms with Crippen LogP contribution in [0.3, 0.4) is 0 Å². The summed E-state index contributed by atoms with van der Waals surface area (Å²) >= 11 is 7.28. The van der Waals surface area contributed by atoms with Gasteiger partial charge in [0.1, 0.15) is 0 Å². The highest BCUT2D eigenvalue weighted by Crippen LogP contribution is 2.38. The van der Waals surface area contributed by atoms with Gasteiger partial charge in [0, 0.05) is 28.7 Å². The lowest BCUT2D eigenvalue weighted by Crippen LogP contribution is -2.15. The van der Waals surface area contributed by atoms with Gasteiger partial charge in [0.15, 0.2) is 10.6 Å². The molecule has 1 aliphatic carbocycles. The third-order valence-corrected chi connectivity index (χ3v) is 7.11. The minimum atomic E-state index is -0.0209. The fraction of sp³-hybridized carbons (Fsp3) is 0.348. The van der Waals surface area contributed by atoms with E-state index in [1.54, 1.807) is 0 Å². The van der Waals surface area contributed by atoms with Gasteiger partial charge in [-0.15, -0.1) is 11.8 Å². The highest BCUT2D eigenvalue weighted by atomic mass is 32.2. The number of aromatic amines is 1. The van der Waals surface area contributed by atoms with Crippen molar-refractivity contribution in [2.45, 2.75) is 55.7 Å². The van der Waals surface area contributed by atoms with Gasteiger partial charge in [0.25, 0.3) is 0 Å². The van der Waals surface area contributed by atoms with Gasteiger partial charge in [-0.2, -0.15) is 5.10 Å². The normalized spacial score (nSPS) is 14.2. The van der Waals surface area contributed by atoms with Gasteiger partial charge < -0.3 is 5.32 Å². The summed E-state index contributed by atoms with van der Waals surface area (Å²) in [5, 5.41) is 11.0. The number of aryl methyl sites for hydroxylation is 1. The van der Waals surface area contributed by atoms with Gasteiger partial charge in [-0.05, 0) is 44.1 Å². The van der Waals surface area contributed by atoms with Crippen molar-refractivity contribution in [2.24, 2.45) is 0 Å². The van der Waals surface area contributed by atoms with Crippen LogP contribution in [0.25, 0.3) is 11.4 Å². The lowest BCUT2D eigenvalue weighted by atomic mass is 10.1. The van der Waals surface area contributed by atoms with Crippen LogP contribution in [0.15, 0.2) is 53.4 Å². The third kappa shape index (κ3) is 5.02. The lowest BCUT2D eigenvalue weighted by Gasteiger charge is -2.14. The molecule has 0 aliphatic heterocycles. The fourth-order valence-corrected chi connectivity index (χ4v) is 5.29. The van der Waals surface area contributed by atoms with Crippen LogP contribution in [0.5, 0.6) is 0 Å². The quantitative estimate of drug-likeness (QED) is 0.446. The second-order valence-corrected chi connectivity index (χ2v) is 9.42. The number of thioether (sulfide) groups is 1. The van der Waals surface area contributed by atoms with E-state index in [2.05, 4.69) is 21.6 Å². The molecule has 0 unspecified atom stereocenters. The number of amides is 1. The molecule has 2 aromatic carbocycles. The smallest absolute Gasteiger partial charge is 0.226 e. The molecule has 0 bridgehead atoms. The molecule has 3 aromatic rings. The van der Waals surface area contributed by atoms with E-state index in [1.165, 1.54) is 31.2 Å². The zero-order chi connectivity index (χ0) is 20.9. The molecule has 1 saturated carbocycles. The number of hydrogen-bond donors (Lipinski definition) is 2. The van der Waals surface area contributed by atoms with Crippen molar-refractivity contribution in [3.8, 4) is 11.4 Å². The average molecular weight is 439 g/mol. The Morgan fingerprint density at radius 1 is 1.20 bits per heavy atom. The molecule has 4 rings (SSSR count). The number of para-hydroxylation sites is 1. The number of hydrogen-bond acceptors (Lipinski definition) is 4. The van der Waals surface area contributed by atoms with Crippen LogP contribution in [0.1, 0.15) is 37.7 Å². The lowest BCUT2D eigenvalue weighted by molar-refractivity contribution is -0.116. The second-order valence-electron chi connectivity index (χ2n) is 7.69. The molecule has 156 valence electrons. The molecule has 1 amide bonds. The molecule has 1 aliphatic rings. The van der Waals surface area contributed by atoms with E-state index in [4.69, 9.17) is 12.2 Å². The Hall–Kier alpha value is -2.38. The van der Waals surface area contributed by atoms with E-state index in [-0.39, 0.29) is 5.91 Å². The Morgan fingerprint density at radius 2 is 1.93 bits per heavy atom. The van der Waals surface area contributed by atoms with Crippen molar-refractivity contribution in [1.82, 2.24) is 14.8 Å². The van der Waals surface area contributed by atoms with Crippen molar-refractivity contribution in [3.05, 3.63) is 58.9 Å². The van der Waals surface area contributed by atoms with E-state index in [9.17, 15) is 4.79 Å². The zero-order valence-electron chi connectivity index (χ0n) is 17.1. The molecule has 0 radical (unpaired) electrons. The summed E-state index contributed by atoms with van der Waals surface area (Å²) in [6.45, 7) is 2.52. The minimum absolute atomic E-state index is 0.0209. The molecule has 1 fully saturated rings. The molecular formula is C23H26N4OS2. The number of H-pyrrole nitrogens is 1. The molecule has 5 nitrogen and oxygen atoms in total. The maximum absolute atomic E-state index is 12.7. The molecule has 1 aromatic heterocycles. The summed E-state index contributed by atoms with van der Waals surface area (Å²) in [5.41, 5.74) is 3.06. The number of carbonyl (C=O) groups is 1. The van der Waals surface area contributed by atoms with Gasteiger partial charge in [-0.3, -0.25) is 14.5 Å². The first kappa shape index (κ1) is 20.9. The first-order chi connectivity index (χ1) is 14.6. The van der Waals surface area contributed by atoms with Crippen LogP contribution in [0.2, 0.25) is 0 Å². The third-order valence-electron chi connectivity index (χ3n) is 5.39. The summed E-state index contributed by atoms with van der Waals surface area (Å²) in [6.07, 6.45) is 5.46. The van der Waals surface area contributed by atoms with Crippen LogP contribution in [-0.2, 0) is 11.3 Å².